The maximum absolute atomic E-state index is 12.2. The fourth-order valence-corrected chi connectivity index (χ4v) is 2.75. The first-order chi connectivity index (χ1) is 11.0. The van der Waals surface area contributed by atoms with Crippen molar-refractivity contribution in [2.75, 3.05) is 0 Å². The molecule has 3 rings (SSSR count). The van der Waals surface area contributed by atoms with Gasteiger partial charge in [0.2, 0.25) is 11.8 Å². The van der Waals surface area contributed by atoms with E-state index < -0.39 is 35.2 Å². The Balaban J connectivity index is 2.17. The number of aryl methyl sites for hydroxylation is 1. The number of aromatic nitrogens is 3. The predicted octanol–water partition coefficient (Wildman–Crippen LogP) is -0.479. The zero-order valence-electron chi connectivity index (χ0n) is 12.0. The van der Waals surface area contributed by atoms with E-state index in [2.05, 4.69) is 25.8 Å². The first kappa shape index (κ1) is 14.7. The number of amides is 4. The van der Waals surface area contributed by atoms with Crippen LogP contribution in [-0.2, 0) is 9.59 Å². The Kier molecular flexibility index (Phi) is 3.53. The number of hydrogen-bond acceptors (Lipinski definition) is 5. The Labute approximate surface area is 129 Å². The Morgan fingerprint density at radius 2 is 1.78 bits per heavy atom. The van der Waals surface area contributed by atoms with Gasteiger partial charge < -0.3 is 5.10 Å². The number of imide groups is 2. The highest BCUT2D eigenvalue weighted by atomic mass is 16.2. The smallest absolute Gasteiger partial charge is 0.302 e. The molecular formula is C14H13N5O4. The Morgan fingerprint density at radius 1 is 1.09 bits per heavy atom. The SMILES string of the molecule is Cc1[nH][nH]c(=O)c1C(c1cccnc1)C1C(=O)NC(=O)NC1=O. The molecule has 0 spiro atoms. The van der Waals surface area contributed by atoms with Crippen molar-refractivity contribution < 1.29 is 14.4 Å². The second-order valence-corrected chi connectivity index (χ2v) is 5.17. The minimum atomic E-state index is -1.26. The van der Waals surface area contributed by atoms with Gasteiger partial charge in [-0.2, -0.15) is 0 Å². The van der Waals surface area contributed by atoms with Gasteiger partial charge in [-0.05, 0) is 18.6 Å². The highest BCUT2D eigenvalue weighted by Gasteiger charge is 2.43. The van der Waals surface area contributed by atoms with E-state index in [0.717, 1.165) is 0 Å². The molecule has 118 valence electrons. The summed E-state index contributed by atoms with van der Waals surface area (Å²) in [7, 11) is 0. The molecule has 1 saturated heterocycles. The molecule has 9 nitrogen and oxygen atoms in total. The number of rotatable bonds is 3. The molecule has 1 aliphatic heterocycles. The van der Waals surface area contributed by atoms with Gasteiger partial charge in [-0.1, -0.05) is 6.07 Å². The first-order valence-electron chi connectivity index (χ1n) is 6.81. The number of pyridine rings is 1. The zero-order valence-corrected chi connectivity index (χ0v) is 12.0. The molecule has 4 N–H and O–H groups in total. The van der Waals surface area contributed by atoms with Crippen molar-refractivity contribution in [3.63, 3.8) is 0 Å². The standard InChI is InChI=1S/C14H13N5O4/c1-6-8(13(22)19-18-6)9(7-3-2-4-15-5-7)10-11(20)16-14(23)17-12(10)21/h2-5,9-10H,1H3,(H2,18,19,22)(H2,16,17,20,21,23). The summed E-state index contributed by atoms with van der Waals surface area (Å²) in [4.78, 5) is 51.8. The lowest BCUT2D eigenvalue weighted by Crippen LogP contribution is -2.57. The average molecular weight is 315 g/mol. The van der Waals surface area contributed by atoms with Crippen LogP contribution >= 0.6 is 0 Å². The van der Waals surface area contributed by atoms with Gasteiger partial charge >= 0.3 is 6.03 Å². The summed E-state index contributed by atoms with van der Waals surface area (Å²) in [5.41, 5.74) is 0.836. The zero-order chi connectivity index (χ0) is 16.6. The molecule has 2 aromatic rings. The Bertz CT molecular complexity index is 818. The summed E-state index contributed by atoms with van der Waals surface area (Å²) in [5, 5.41) is 9.23. The van der Waals surface area contributed by atoms with E-state index in [9.17, 15) is 19.2 Å². The molecule has 23 heavy (non-hydrogen) atoms. The third-order valence-electron chi connectivity index (χ3n) is 3.74. The number of urea groups is 1. The van der Waals surface area contributed by atoms with Crippen molar-refractivity contribution in [1.82, 2.24) is 25.8 Å². The van der Waals surface area contributed by atoms with Crippen LogP contribution < -0.4 is 16.2 Å². The van der Waals surface area contributed by atoms with Crippen LogP contribution in [0, 0.1) is 12.8 Å². The van der Waals surface area contributed by atoms with Gasteiger partial charge in [0.05, 0.1) is 0 Å². The lowest BCUT2D eigenvalue weighted by molar-refractivity contribution is -0.136. The van der Waals surface area contributed by atoms with Crippen LogP contribution in [0.5, 0.6) is 0 Å². The topological polar surface area (TPSA) is 137 Å². The van der Waals surface area contributed by atoms with E-state index in [4.69, 9.17) is 0 Å². The summed E-state index contributed by atoms with van der Waals surface area (Å²) < 4.78 is 0. The van der Waals surface area contributed by atoms with Gasteiger partial charge in [0, 0.05) is 29.6 Å². The fraction of sp³-hybridized carbons (Fsp3) is 0.214. The maximum Gasteiger partial charge on any atom is 0.328 e. The minimum Gasteiger partial charge on any atom is -0.302 e. The summed E-state index contributed by atoms with van der Waals surface area (Å²) in [6.45, 7) is 1.65. The summed E-state index contributed by atoms with van der Waals surface area (Å²) in [6.07, 6.45) is 3.02. The van der Waals surface area contributed by atoms with Crippen LogP contribution in [-0.4, -0.2) is 33.0 Å². The van der Waals surface area contributed by atoms with Gasteiger partial charge in [-0.3, -0.25) is 35.1 Å². The van der Waals surface area contributed by atoms with Crippen LogP contribution in [0.4, 0.5) is 4.79 Å². The normalized spacial score (nSPS) is 16.8. The van der Waals surface area contributed by atoms with E-state index >= 15 is 0 Å². The van der Waals surface area contributed by atoms with Gasteiger partial charge in [-0.25, -0.2) is 4.79 Å². The number of H-pyrrole nitrogens is 2. The van der Waals surface area contributed by atoms with Crippen LogP contribution in [0.15, 0.2) is 29.3 Å². The number of carbonyl (C=O) groups is 3. The summed E-state index contributed by atoms with van der Waals surface area (Å²) >= 11 is 0. The highest BCUT2D eigenvalue weighted by molar-refractivity contribution is 6.16. The summed E-state index contributed by atoms with van der Waals surface area (Å²) in [6, 6.07) is 2.43. The van der Waals surface area contributed by atoms with Crippen molar-refractivity contribution in [2.24, 2.45) is 5.92 Å². The lowest BCUT2D eigenvalue weighted by atomic mass is 9.79. The molecular weight excluding hydrogens is 302 g/mol. The molecule has 0 aliphatic carbocycles. The van der Waals surface area contributed by atoms with Gasteiger partial charge in [0.25, 0.3) is 5.56 Å². The quantitative estimate of drug-likeness (QED) is 0.567. The van der Waals surface area contributed by atoms with E-state index in [0.29, 0.717) is 11.3 Å². The monoisotopic (exact) mass is 315 g/mol. The van der Waals surface area contributed by atoms with Crippen LogP contribution in [0.2, 0.25) is 0 Å². The molecule has 1 atom stereocenters. The van der Waals surface area contributed by atoms with E-state index in [1.807, 2.05) is 0 Å². The number of aromatic amines is 2. The Hall–Kier alpha value is -3.23. The van der Waals surface area contributed by atoms with E-state index in [1.165, 1.54) is 6.20 Å². The van der Waals surface area contributed by atoms with Crippen LogP contribution in [0.25, 0.3) is 0 Å². The Morgan fingerprint density at radius 3 is 2.30 bits per heavy atom. The molecule has 1 fully saturated rings. The van der Waals surface area contributed by atoms with E-state index in [-0.39, 0.29) is 5.56 Å². The molecule has 0 radical (unpaired) electrons. The number of nitrogens with one attached hydrogen (secondary N) is 4. The molecule has 9 heteroatoms. The van der Waals surface area contributed by atoms with Gasteiger partial charge in [0.15, 0.2) is 0 Å². The minimum absolute atomic E-state index is 0.252. The third-order valence-corrected chi connectivity index (χ3v) is 3.74. The van der Waals surface area contributed by atoms with Crippen molar-refractivity contribution in [2.45, 2.75) is 12.8 Å². The van der Waals surface area contributed by atoms with Crippen LogP contribution in [0.1, 0.15) is 22.7 Å². The molecule has 3 heterocycles. The molecule has 0 aromatic carbocycles. The fourth-order valence-electron chi connectivity index (χ4n) is 2.75. The second kappa shape index (κ2) is 5.52. The van der Waals surface area contributed by atoms with Crippen molar-refractivity contribution >= 4 is 17.8 Å². The highest BCUT2D eigenvalue weighted by Crippen LogP contribution is 2.32. The molecule has 0 bridgehead atoms. The molecule has 0 saturated carbocycles. The average Bonchev–Trinajstić information content (AvgIpc) is 2.83. The third kappa shape index (κ3) is 2.52. The van der Waals surface area contributed by atoms with Gasteiger partial charge in [-0.15, -0.1) is 0 Å². The maximum atomic E-state index is 12.2. The summed E-state index contributed by atoms with van der Waals surface area (Å²) in [5.74, 6) is -3.64. The molecule has 4 amide bonds. The van der Waals surface area contributed by atoms with Crippen LogP contribution in [0.3, 0.4) is 0 Å². The van der Waals surface area contributed by atoms with E-state index in [1.54, 1.807) is 25.3 Å². The van der Waals surface area contributed by atoms with Crippen molar-refractivity contribution in [3.8, 4) is 0 Å². The van der Waals surface area contributed by atoms with Crippen molar-refractivity contribution in [3.05, 3.63) is 51.7 Å². The largest absolute Gasteiger partial charge is 0.328 e. The first-order valence-corrected chi connectivity index (χ1v) is 6.81. The van der Waals surface area contributed by atoms with Gasteiger partial charge in [0.1, 0.15) is 5.92 Å². The number of carbonyl (C=O) groups excluding carboxylic acids is 3. The molecule has 2 aromatic heterocycles. The second-order valence-electron chi connectivity index (χ2n) is 5.17. The van der Waals surface area contributed by atoms with Crippen molar-refractivity contribution in [1.29, 1.82) is 0 Å². The number of hydrogen-bond donors (Lipinski definition) is 4. The molecule has 1 aliphatic rings. The number of nitrogens with zero attached hydrogens (tertiary/aromatic N) is 1. The predicted molar refractivity (Wildman–Crippen MR) is 77.4 cm³/mol. The lowest BCUT2D eigenvalue weighted by Gasteiger charge is -2.27. The molecule has 1 unspecified atom stereocenters. The number of barbiturate groups is 1.